The smallest absolute Gasteiger partial charge is 0.122 e. The molecule has 0 aromatic heterocycles. The minimum atomic E-state index is -0.956. The summed E-state index contributed by atoms with van der Waals surface area (Å²) in [6.07, 6.45) is 2.36. The van der Waals surface area contributed by atoms with Crippen molar-refractivity contribution in [2.24, 2.45) is 0 Å². The molecule has 0 aromatic carbocycles. The van der Waals surface area contributed by atoms with Crippen LogP contribution in [-0.2, 0) is 11.0 Å². The van der Waals surface area contributed by atoms with E-state index in [2.05, 4.69) is 4.72 Å². The average molecular weight is 187 g/mol. The van der Waals surface area contributed by atoms with Gasteiger partial charge in [-0.3, -0.25) is 0 Å². The zero-order chi connectivity index (χ0) is 9.35. The van der Waals surface area contributed by atoms with Gasteiger partial charge in [-0.05, 0) is 46.1 Å². The van der Waals surface area contributed by atoms with Crippen LogP contribution in [0.2, 0.25) is 0 Å². The van der Waals surface area contributed by atoms with Gasteiger partial charge in [0.2, 0.25) is 0 Å². The number of rotatable bonds is 2. The SMILES string of the molecule is CC(NS(=O)C(C)(C)C)=C1CC1. The summed E-state index contributed by atoms with van der Waals surface area (Å²) in [6, 6.07) is 0. The Morgan fingerprint density at radius 1 is 1.42 bits per heavy atom. The van der Waals surface area contributed by atoms with Crippen LogP contribution in [0.25, 0.3) is 0 Å². The van der Waals surface area contributed by atoms with Gasteiger partial charge in [-0.25, -0.2) is 4.21 Å². The summed E-state index contributed by atoms with van der Waals surface area (Å²) in [4.78, 5) is 0. The summed E-state index contributed by atoms with van der Waals surface area (Å²) < 4.78 is 14.4. The van der Waals surface area contributed by atoms with Crippen LogP contribution >= 0.6 is 0 Å². The Hall–Kier alpha value is -0.310. The van der Waals surface area contributed by atoms with Crippen LogP contribution in [0.5, 0.6) is 0 Å². The monoisotopic (exact) mass is 187 g/mol. The third-order valence-corrected chi connectivity index (χ3v) is 3.44. The molecule has 1 saturated carbocycles. The van der Waals surface area contributed by atoms with E-state index >= 15 is 0 Å². The molecule has 12 heavy (non-hydrogen) atoms. The van der Waals surface area contributed by atoms with Crippen LogP contribution in [0.15, 0.2) is 11.3 Å². The van der Waals surface area contributed by atoms with Gasteiger partial charge in [-0.2, -0.15) is 0 Å². The van der Waals surface area contributed by atoms with E-state index in [1.807, 2.05) is 27.7 Å². The van der Waals surface area contributed by atoms with Crippen molar-refractivity contribution in [1.29, 1.82) is 0 Å². The topological polar surface area (TPSA) is 29.1 Å². The molecular weight excluding hydrogens is 170 g/mol. The van der Waals surface area contributed by atoms with Crippen LogP contribution in [0, 0.1) is 0 Å². The van der Waals surface area contributed by atoms with E-state index in [-0.39, 0.29) is 4.75 Å². The molecule has 1 N–H and O–H groups in total. The zero-order valence-electron chi connectivity index (χ0n) is 8.23. The molecule has 1 aliphatic carbocycles. The normalized spacial score (nSPS) is 18.8. The highest BCUT2D eigenvalue weighted by Gasteiger charge is 2.22. The summed E-state index contributed by atoms with van der Waals surface area (Å²) >= 11 is 0. The van der Waals surface area contributed by atoms with E-state index in [0.29, 0.717) is 0 Å². The quantitative estimate of drug-likeness (QED) is 0.705. The van der Waals surface area contributed by atoms with E-state index in [4.69, 9.17) is 0 Å². The zero-order valence-corrected chi connectivity index (χ0v) is 9.05. The van der Waals surface area contributed by atoms with E-state index in [9.17, 15) is 4.21 Å². The first kappa shape index (κ1) is 9.78. The van der Waals surface area contributed by atoms with Gasteiger partial charge < -0.3 is 4.72 Å². The molecule has 0 radical (unpaired) electrons. The van der Waals surface area contributed by atoms with Gasteiger partial charge in [0.15, 0.2) is 0 Å². The predicted octanol–water partition coefficient (Wildman–Crippen LogP) is 2.11. The number of hydrogen-bond acceptors (Lipinski definition) is 1. The Morgan fingerprint density at radius 2 is 1.92 bits per heavy atom. The average Bonchev–Trinajstić information content (AvgIpc) is 2.65. The lowest BCUT2D eigenvalue weighted by atomic mass is 10.3. The van der Waals surface area contributed by atoms with Crippen molar-refractivity contribution < 1.29 is 4.21 Å². The number of nitrogens with one attached hydrogen (secondary N) is 1. The Kier molecular flexibility index (Phi) is 2.61. The molecule has 1 atom stereocenters. The van der Waals surface area contributed by atoms with Gasteiger partial charge >= 0.3 is 0 Å². The molecule has 0 spiro atoms. The van der Waals surface area contributed by atoms with Gasteiger partial charge in [0, 0.05) is 5.70 Å². The lowest BCUT2D eigenvalue weighted by Crippen LogP contribution is -2.32. The Balaban J connectivity index is 2.52. The lowest BCUT2D eigenvalue weighted by molar-refractivity contribution is 0.642. The van der Waals surface area contributed by atoms with E-state index in [0.717, 1.165) is 5.70 Å². The summed E-state index contributed by atoms with van der Waals surface area (Å²) in [5, 5.41) is 0. The van der Waals surface area contributed by atoms with Gasteiger partial charge in [0.05, 0.1) is 4.75 Å². The molecule has 1 rings (SSSR count). The third-order valence-electron chi connectivity index (χ3n) is 1.83. The summed E-state index contributed by atoms with van der Waals surface area (Å²) in [6.45, 7) is 7.93. The minimum Gasteiger partial charge on any atom is -0.309 e. The minimum absolute atomic E-state index is 0.170. The standard InChI is InChI=1S/C9H17NOS/c1-7(8-5-6-8)10-12(11)9(2,3)4/h10H,5-6H2,1-4H3. The second-order valence-electron chi connectivity index (χ2n) is 4.21. The highest BCUT2D eigenvalue weighted by Crippen LogP contribution is 2.30. The van der Waals surface area contributed by atoms with Gasteiger partial charge in [-0.1, -0.05) is 0 Å². The fourth-order valence-corrected chi connectivity index (χ4v) is 1.53. The molecular formula is C9H17NOS. The summed E-state index contributed by atoms with van der Waals surface area (Å²) in [7, 11) is -0.956. The van der Waals surface area contributed by atoms with E-state index in [1.54, 1.807) is 0 Å². The molecule has 1 unspecified atom stereocenters. The maximum atomic E-state index is 11.6. The van der Waals surface area contributed by atoms with Crippen molar-refractivity contribution in [3.05, 3.63) is 11.3 Å². The molecule has 0 aliphatic heterocycles. The predicted molar refractivity (Wildman–Crippen MR) is 53.0 cm³/mol. The first-order valence-corrected chi connectivity index (χ1v) is 5.43. The Labute approximate surface area is 77.0 Å². The summed E-state index contributed by atoms with van der Waals surface area (Å²) in [5.74, 6) is 0. The van der Waals surface area contributed by atoms with Crippen LogP contribution in [0.1, 0.15) is 40.5 Å². The first-order chi connectivity index (χ1) is 5.41. The van der Waals surface area contributed by atoms with Gasteiger partial charge in [0.1, 0.15) is 11.0 Å². The Morgan fingerprint density at radius 3 is 2.25 bits per heavy atom. The maximum Gasteiger partial charge on any atom is 0.122 e. The molecule has 0 heterocycles. The largest absolute Gasteiger partial charge is 0.309 e. The molecule has 1 aliphatic rings. The van der Waals surface area contributed by atoms with Crippen molar-refractivity contribution >= 4 is 11.0 Å². The molecule has 0 bridgehead atoms. The Bertz CT molecular complexity index is 231. The molecule has 2 nitrogen and oxygen atoms in total. The fraction of sp³-hybridized carbons (Fsp3) is 0.778. The second kappa shape index (κ2) is 3.21. The van der Waals surface area contributed by atoms with Crippen molar-refractivity contribution in [3.8, 4) is 0 Å². The van der Waals surface area contributed by atoms with Gasteiger partial charge in [0.25, 0.3) is 0 Å². The molecule has 0 amide bonds. The van der Waals surface area contributed by atoms with Crippen molar-refractivity contribution in [1.82, 2.24) is 4.72 Å². The molecule has 0 saturated heterocycles. The third kappa shape index (κ3) is 2.63. The van der Waals surface area contributed by atoms with Crippen LogP contribution in [-0.4, -0.2) is 8.96 Å². The highest BCUT2D eigenvalue weighted by atomic mass is 32.2. The molecule has 1 fully saturated rings. The van der Waals surface area contributed by atoms with Crippen LogP contribution < -0.4 is 4.72 Å². The van der Waals surface area contributed by atoms with Gasteiger partial charge in [-0.15, -0.1) is 0 Å². The fourth-order valence-electron chi connectivity index (χ4n) is 0.802. The van der Waals surface area contributed by atoms with Crippen LogP contribution in [0.4, 0.5) is 0 Å². The van der Waals surface area contributed by atoms with E-state index < -0.39 is 11.0 Å². The summed E-state index contributed by atoms with van der Waals surface area (Å²) in [5.41, 5.74) is 2.54. The lowest BCUT2D eigenvalue weighted by Gasteiger charge is -2.18. The molecule has 0 aromatic rings. The number of allylic oxidation sites excluding steroid dienone is 2. The first-order valence-electron chi connectivity index (χ1n) is 4.28. The highest BCUT2D eigenvalue weighted by molar-refractivity contribution is 7.84. The van der Waals surface area contributed by atoms with Crippen molar-refractivity contribution in [2.75, 3.05) is 0 Å². The van der Waals surface area contributed by atoms with E-state index in [1.165, 1.54) is 18.4 Å². The maximum absolute atomic E-state index is 11.6. The van der Waals surface area contributed by atoms with Crippen molar-refractivity contribution in [3.63, 3.8) is 0 Å². The van der Waals surface area contributed by atoms with Crippen molar-refractivity contribution in [2.45, 2.75) is 45.3 Å². The number of hydrogen-bond donors (Lipinski definition) is 1. The molecule has 70 valence electrons. The second-order valence-corrected chi connectivity index (χ2v) is 6.18. The van der Waals surface area contributed by atoms with Crippen LogP contribution in [0.3, 0.4) is 0 Å². The molecule has 3 heteroatoms.